The third-order valence-electron chi connectivity index (χ3n) is 13.8. The summed E-state index contributed by atoms with van der Waals surface area (Å²) < 4.78 is 2.44. The Bertz CT molecular complexity index is 3940. The van der Waals surface area contributed by atoms with Crippen molar-refractivity contribution in [3.05, 3.63) is 267 Å². The van der Waals surface area contributed by atoms with Crippen molar-refractivity contribution in [3.8, 4) is 50.2 Å². The number of rotatable bonds is 8. The first-order valence-corrected chi connectivity index (χ1v) is 23.4. The fraction of sp³-hybridized carbons (Fsp3) is 0. The van der Waals surface area contributed by atoms with Gasteiger partial charge >= 0.3 is 0 Å². The molecule has 2 heteroatoms. The van der Waals surface area contributed by atoms with Crippen LogP contribution in [0.5, 0.6) is 0 Å². The molecule has 0 N–H and O–H groups in total. The summed E-state index contributed by atoms with van der Waals surface area (Å²) in [4.78, 5) is 2.41. The summed E-state index contributed by atoms with van der Waals surface area (Å²) in [5.74, 6) is 0. The molecule has 0 spiro atoms. The molecule has 0 amide bonds. The lowest BCUT2D eigenvalue weighted by atomic mass is 9.94. The molecule has 1 aromatic heterocycles. The van der Waals surface area contributed by atoms with Crippen LogP contribution in [-0.4, -0.2) is 4.57 Å². The number of hydrogen-bond donors (Lipinski definition) is 0. The van der Waals surface area contributed by atoms with Gasteiger partial charge in [-0.25, -0.2) is 0 Å². The Labute approximate surface area is 395 Å². The van der Waals surface area contributed by atoms with Crippen molar-refractivity contribution in [2.45, 2.75) is 0 Å². The average molecular weight is 865 g/mol. The molecule has 0 aliphatic carbocycles. The Morgan fingerprint density at radius 1 is 0.250 bits per heavy atom. The highest BCUT2D eigenvalue weighted by atomic mass is 15.1. The summed E-state index contributed by atoms with van der Waals surface area (Å²) in [6.45, 7) is 0. The van der Waals surface area contributed by atoms with Gasteiger partial charge in [-0.3, -0.25) is 0 Å². The second-order valence-corrected chi connectivity index (χ2v) is 17.7. The summed E-state index contributed by atoms with van der Waals surface area (Å²) in [6.07, 6.45) is 0. The second-order valence-electron chi connectivity index (χ2n) is 17.7. The van der Waals surface area contributed by atoms with Crippen molar-refractivity contribution in [2.75, 3.05) is 4.90 Å². The standard InChI is InChI=1S/C66H44N2/c1-3-15-45(16-4-1)46-29-34-54(35-30-46)67(66-40-39-58(48-17-5-2-6-18-48)60-21-9-10-22-61(60)66)55-36-31-47(32-37-55)52-42-53(50-33-38-59-51(41-50)28-27-49-19-7-8-20-57(49)59)44-56(43-52)68-64-25-13-11-23-62(64)63-24-12-14-26-65(63)68/h1-44H. The van der Waals surface area contributed by atoms with Gasteiger partial charge in [0.05, 0.1) is 16.7 Å². The molecule has 0 fully saturated rings. The van der Waals surface area contributed by atoms with Crippen molar-refractivity contribution in [1.29, 1.82) is 0 Å². The molecule has 0 radical (unpaired) electrons. The van der Waals surface area contributed by atoms with Gasteiger partial charge in [0.2, 0.25) is 0 Å². The predicted molar refractivity (Wildman–Crippen MR) is 290 cm³/mol. The molecule has 2 nitrogen and oxygen atoms in total. The molecule has 0 aliphatic rings. The van der Waals surface area contributed by atoms with E-state index >= 15 is 0 Å². The Morgan fingerprint density at radius 2 is 0.721 bits per heavy atom. The third kappa shape index (κ3) is 6.82. The van der Waals surface area contributed by atoms with E-state index in [0.29, 0.717) is 0 Å². The monoisotopic (exact) mass is 864 g/mol. The Hall–Kier alpha value is -8.98. The van der Waals surface area contributed by atoms with Gasteiger partial charge in [-0.1, -0.05) is 200 Å². The molecule has 318 valence electrons. The van der Waals surface area contributed by atoms with Crippen molar-refractivity contribution in [2.24, 2.45) is 0 Å². The lowest BCUT2D eigenvalue weighted by molar-refractivity contribution is 1.18. The number of hydrogen-bond acceptors (Lipinski definition) is 1. The van der Waals surface area contributed by atoms with E-state index in [9.17, 15) is 0 Å². The van der Waals surface area contributed by atoms with E-state index in [0.717, 1.165) is 33.9 Å². The van der Waals surface area contributed by atoms with Crippen LogP contribution in [-0.2, 0) is 0 Å². The first-order valence-electron chi connectivity index (χ1n) is 23.4. The highest BCUT2D eigenvalue weighted by molar-refractivity contribution is 6.11. The zero-order valence-electron chi connectivity index (χ0n) is 37.3. The molecule has 13 aromatic rings. The molecule has 68 heavy (non-hydrogen) atoms. The molecule has 0 saturated carbocycles. The first kappa shape index (κ1) is 39.4. The summed E-state index contributed by atoms with van der Waals surface area (Å²) in [5, 5.41) is 9.94. The smallest absolute Gasteiger partial charge is 0.0541 e. The normalized spacial score (nSPS) is 11.5. The lowest BCUT2D eigenvalue weighted by Gasteiger charge is -2.28. The number of fused-ring (bicyclic) bond motifs is 7. The van der Waals surface area contributed by atoms with Crippen LogP contribution in [0.15, 0.2) is 267 Å². The van der Waals surface area contributed by atoms with Crippen molar-refractivity contribution < 1.29 is 0 Å². The number of anilines is 3. The van der Waals surface area contributed by atoms with E-state index in [1.807, 2.05) is 0 Å². The molecule has 0 atom stereocenters. The number of aromatic nitrogens is 1. The van der Waals surface area contributed by atoms with Crippen molar-refractivity contribution in [1.82, 2.24) is 4.57 Å². The highest BCUT2D eigenvalue weighted by Crippen LogP contribution is 2.44. The van der Waals surface area contributed by atoms with Crippen LogP contribution >= 0.6 is 0 Å². The van der Waals surface area contributed by atoms with E-state index in [1.165, 1.54) is 87.5 Å². The van der Waals surface area contributed by atoms with Gasteiger partial charge in [-0.05, 0) is 138 Å². The van der Waals surface area contributed by atoms with E-state index in [4.69, 9.17) is 0 Å². The average Bonchev–Trinajstić information content (AvgIpc) is 3.76. The summed E-state index contributed by atoms with van der Waals surface area (Å²) in [5.41, 5.74) is 16.3. The lowest BCUT2D eigenvalue weighted by Crippen LogP contribution is -2.10. The second kappa shape index (κ2) is 16.5. The SMILES string of the molecule is c1ccc(-c2ccc(N(c3ccc(-c4cc(-c5ccc6c(ccc7ccccc76)c5)cc(-n5c6ccccc6c6ccccc65)c4)cc3)c3ccc(-c4ccccc4)c4ccccc34)cc2)cc1. The van der Waals surface area contributed by atoms with E-state index < -0.39 is 0 Å². The largest absolute Gasteiger partial charge is 0.310 e. The van der Waals surface area contributed by atoms with E-state index in [1.54, 1.807) is 0 Å². The topological polar surface area (TPSA) is 8.17 Å². The summed E-state index contributed by atoms with van der Waals surface area (Å²) in [7, 11) is 0. The first-order chi connectivity index (χ1) is 33.7. The van der Waals surface area contributed by atoms with Crippen LogP contribution in [0.3, 0.4) is 0 Å². The van der Waals surface area contributed by atoms with Crippen LogP contribution in [0.25, 0.3) is 104 Å². The maximum absolute atomic E-state index is 2.44. The van der Waals surface area contributed by atoms with Gasteiger partial charge in [0.25, 0.3) is 0 Å². The van der Waals surface area contributed by atoms with Crippen LogP contribution in [0, 0.1) is 0 Å². The van der Waals surface area contributed by atoms with E-state index in [2.05, 4.69) is 276 Å². The molecular weight excluding hydrogens is 821 g/mol. The molecule has 0 saturated heterocycles. The quantitative estimate of drug-likeness (QED) is 0.138. The molecule has 0 unspecified atom stereocenters. The van der Waals surface area contributed by atoms with Crippen LogP contribution in [0.1, 0.15) is 0 Å². The number of para-hydroxylation sites is 2. The maximum atomic E-state index is 2.44. The molecule has 13 rings (SSSR count). The Morgan fingerprint density at radius 3 is 1.38 bits per heavy atom. The number of benzene rings is 12. The highest BCUT2D eigenvalue weighted by Gasteiger charge is 2.19. The predicted octanol–water partition coefficient (Wildman–Crippen LogP) is 18.4. The zero-order chi connectivity index (χ0) is 45.0. The Kier molecular flexibility index (Phi) is 9.54. The minimum atomic E-state index is 1.08. The maximum Gasteiger partial charge on any atom is 0.0541 e. The molecule has 1 heterocycles. The van der Waals surface area contributed by atoms with Gasteiger partial charge in [0.1, 0.15) is 0 Å². The van der Waals surface area contributed by atoms with Gasteiger partial charge in [-0.2, -0.15) is 0 Å². The zero-order valence-corrected chi connectivity index (χ0v) is 37.3. The molecule has 0 bridgehead atoms. The van der Waals surface area contributed by atoms with Crippen LogP contribution < -0.4 is 4.90 Å². The fourth-order valence-electron chi connectivity index (χ4n) is 10.5. The third-order valence-corrected chi connectivity index (χ3v) is 13.8. The van der Waals surface area contributed by atoms with E-state index in [-0.39, 0.29) is 0 Å². The van der Waals surface area contributed by atoms with Gasteiger partial charge < -0.3 is 9.47 Å². The van der Waals surface area contributed by atoms with Crippen LogP contribution in [0.2, 0.25) is 0 Å². The number of nitrogens with zero attached hydrogens (tertiary/aromatic N) is 2. The van der Waals surface area contributed by atoms with Crippen molar-refractivity contribution in [3.63, 3.8) is 0 Å². The minimum absolute atomic E-state index is 1.08. The summed E-state index contributed by atoms with van der Waals surface area (Å²) >= 11 is 0. The Balaban J connectivity index is 0.975. The van der Waals surface area contributed by atoms with Gasteiger partial charge in [0.15, 0.2) is 0 Å². The van der Waals surface area contributed by atoms with Crippen molar-refractivity contribution >= 4 is 71.2 Å². The van der Waals surface area contributed by atoms with Gasteiger partial charge in [0, 0.05) is 33.2 Å². The van der Waals surface area contributed by atoms with Crippen LogP contribution in [0.4, 0.5) is 17.1 Å². The molecule has 12 aromatic carbocycles. The fourth-order valence-corrected chi connectivity index (χ4v) is 10.5. The minimum Gasteiger partial charge on any atom is -0.310 e. The molecule has 0 aliphatic heterocycles. The van der Waals surface area contributed by atoms with Gasteiger partial charge in [-0.15, -0.1) is 0 Å². The molecular formula is C66H44N2. The summed E-state index contributed by atoms with van der Waals surface area (Å²) in [6, 6.07) is 97.6.